The summed E-state index contributed by atoms with van der Waals surface area (Å²) in [5.41, 5.74) is 0.720. The highest BCUT2D eigenvalue weighted by Gasteiger charge is 2.22. The average Bonchev–Trinajstić information content (AvgIpc) is 2.38. The van der Waals surface area contributed by atoms with Gasteiger partial charge in [-0.3, -0.25) is 4.79 Å². The molecule has 0 fully saturated rings. The molecule has 5 nitrogen and oxygen atoms in total. The standard InChI is InChI=1S/C13H19NO4S/c1-10(2)14(3)19(16,17)12-7-5-11(6-8-12)9-13(15)18-4/h5-8,10H,9H2,1-4H3. The van der Waals surface area contributed by atoms with E-state index >= 15 is 0 Å². The number of carbonyl (C=O) groups is 1. The molecule has 6 heteroatoms. The van der Waals surface area contributed by atoms with E-state index < -0.39 is 10.0 Å². The molecule has 0 bridgehead atoms. The number of benzene rings is 1. The van der Waals surface area contributed by atoms with Crippen LogP contribution in [0.3, 0.4) is 0 Å². The van der Waals surface area contributed by atoms with Crippen molar-refractivity contribution in [3.63, 3.8) is 0 Å². The van der Waals surface area contributed by atoms with Gasteiger partial charge in [0.2, 0.25) is 10.0 Å². The lowest BCUT2D eigenvalue weighted by molar-refractivity contribution is -0.139. The monoisotopic (exact) mass is 285 g/mol. The van der Waals surface area contributed by atoms with Gasteiger partial charge in [-0.15, -0.1) is 0 Å². The molecule has 19 heavy (non-hydrogen) atoms. The Bertz CT molecular complexity index is 534. The molecule has 106 valence electrons. The molecular weight excluding hydrogens is 266 g/mol. The van der Waals surface area contributed by atoms with E-state index in [0.29, 0.717) is 0 Å². The number of hydrogen-bond donors (Lipinski definition) is 0. The third-order valence-corrected chi connectivity index (χ3v) is 4.95. The van der Waals surface area contributed by atoms with Gasteiger partial charge in [0.05, 0.1) is 18.4 Å². The number of ether oxygens (including phenoxy) is 1. The zero-order valence-electron chi connectivity index (χ0n) is 11.6. The Labute approximate surface area is 114 Å². The number of rotatable bonds is 5. The van der Waals surface area contributed by atoms with E-state index in [4.69, 9.17) is 0 Å². The first kappa shape index (κ1) is 15.7. The normalized spacial score (nSPS) is 11.9. The van der Waals surface area contributed by atoms with Crippen molar-refractivity contribution in [2.24, 2.45) is 0 Å². The molecule has 0 aliphatic heterocycles. The summed E-state index contributed by atoms with van der Waals surface area (Å²) in [5.74, 6) is -0.352. The van der Waals surface area contributed by atoms with Gasteiger partial charge >= 0.3 is 5.97 Å². The molecule has 1 rings (SSSR count). The lowest BCUT2D eigenvalue weighted by atomic mass is 10.2. The van der Waals surface area contributed by atoms with E-state index in [1.807, 2.05) is 13.8 Å². The van der Waals surface area contributed by atoms with Crippen molar-refractivity contribution in [1.82, 2.24) is 4.31 Å². The van der Waals surface area contributed by atoms with Gasteiger partial charge < -0.3 is 4.74 Å². The van der Waals surface area contributed by atoms with Crippen molar-refractivity contribution in [2.75, 3.05) is 14.2 Å². The van der Waals surface area contributed by atoms with Gasteiger partial charge in [-0.2, -0.15) is 4.31 Å². The van der Waals surface area contributed by atoms with Gasteiger partial charge in [0.15, 0.2) is 0 Å². The van der Waals surface area contributed by atoms with Crippen LogP contribution in [0.4, 0.5) is 0 Å². The number of hydrogen-bond acceptors (Lipinski definition) is 4. The summed E-state index contributed by atoms with van der Waals surface area (Å²) in [5, 5.41) is 0. The third-order valence-electron chi connectivity index (χ3n) is 2.90. The van der Waals surface area contributed by atoms with Crippen LogP contribution in [0.2, 0.25) is 0 Å². The molecule has 1 aromatic carbocycles. The number of methoxy groups -OCH3 is 1. The van der Waals surface area contributed by atoms with Gasteiger partial charge in [0.25, 0.3) is 0 Å². The maximum atomic E-state index is 12.2. The number of carbonyl (C=O) groups excluding carboxylic acids is 1. The molecule has 0 heterocycles. The van der Waals surface area contributed by atoms with Crippen molar-refractivity contribution in [3.8, 4) is 0 Å². The molecule has 0 amide bonds. The number of nitrogens with zero attached hydrogens (tertiary/aromatic N) is 1. The van der Waals surface area contributed by atoms with Crippen molar-refractivity contribution < 1.29 is 17.9 Å². The van der Waals surface area contributed by atoms with Gasteiger partial charge in [0, 0.05) is 13.1 Å². The van der Waals surface area contributed by atoms with Crippen molar-refractivity contribution in [3.05, 3.63) is 29.8 Å². The van der Waals surface area contributed by atoms with E-state index in [1.165, 1.54) is 23.5 Å². The molecule has 0 aliphatic carbocycles. The average molecular weight is 285 g/mol. The Kier molecular flexibility index (Phi) is 5.08. The van der Waals surface area contributed by atoms with Crippen LogP contribution in [0.1, 0.15) is 19.4 Å². The van der Waals surface area contributed by atoms with Crippen LogP contribution in [0.25, 0.3) is 0 Å². The van der Waals surface area contributed by atoms with Crippen LogP contribution >= 0.6 is 0 Å². The smallest absolute Gasteiger partial charge is 0.309 e. The van der Waals surface area contributed by atoms with Gasteiger partial charge in [-0.05, 0) is 31.5 Å². The fourth-order valence-electron chi connectivity index (χ4n) is 1.46. The molecule has 0 N–H and O–H groups in total. The van der Waals surface area contributed by atoms with Gasteiger partial charge in [-0.25, -0.2) is 8.42 Å². The van der Waals surface area contributed by atoms with Crippen LogP contribution in [-0.4, -0.2) is 38.9 Å². The Morgan fingerprint density at radius 1 is 1.26 bits per heavy atom. The van der Waals surface area contributed by atoms with Gasteiger partial charge in [-0.1, -0.05) is 12.1 Å². The second-order valence-electron chi connectivity index (χ2n) is 4.51. The lowest BCUT2D eigenvalue weighted by Crippen LogP contribution is -2.33. The predicted molar refractivity (Wildman–Crippen MR) is 72.2 cm³/mol. The summed E-state index contributed by atoms with van der Waals surface area (Å²) >= 11 is 0. The first-order chi connectivity index (χ1) is 8.78. The summed E-state index contributed by atoms with van der Waals surface area (Å²) in [4.78, 5) is 11.3. The fraction of sp³-hybridized carbons (Fsp3) is 0.462. The van der Waals surface area contributed by atoms with Crippen LogP contribution in [0.15, 0.2) is 29.2 Å². The van der Waals surface area contributed by atoms with Crippen molar-refractivity contribution in [1.29, 1.82) is 0 Å². The Morgan fingerprint density at radius 2 is 1.79 bits per heavy atom. The molecule has 0 saturated heterocycles. The van der Waals surface area contributed by atoms with Crippen LogP contribution in [-0.2, 0) is 26.0 Å². The SMILES string of the molecule is COC(=O)Cc1ccc(S(=O)(=O)N(C)C(C)C)cc1. The molecule has 1 aromatic rings. The fourth-order valence-corrected chi connectivity index (χ4v) is 2.83. The minimum absolute atomic E-state index is 0.111. The van der Waals surface area contributed by atoms with Gasteiger partial charge in [0.1, 0.15) is 0 Å². The summed E-state index contributed by atoms with van der Waals surface area (Å²) in [6.07, 6.45) is 0.136. The van der Waals surface area contributed by atoms with Crippen LogP contribution in [0.5, 0.6) is 0 Å². The zero-order chi connectivity index (χ0) is 14.6. The number of sulfonamides is 1. The second kappa shape index (κ2) is 6.16. The molecule has 0 spiro atoms. The van der Waals surface area contributed by atoms with Crippen LogP contribution in [0, 0.1) is 0 Å². The summed E-state index contributed by atoms with van der Waals surface area (Å²) in [6, 6.07) is 6.15. The predicted octanol–water partition coefficient (Wildman–Crippen LogP) is 1.43. The largest absolute Gasteiger partial charge is 0.469 e. The minimum Gasteiger partial charge on any atom is -0.469 e. The first-order valence-electron chi connectivity index (χ1n) is 5.93. The highest BCUT2D eigenvalue weighted by molar-refractivity contribution is 7.89. The second-order valence-corrected chi connectivity index (χ2v) is 6.51. The molecule has 0 aromatic heterocycles. The summed E-state index contributed by atoms with van der Waals surface area (Å²) in [6.45, 7) is 3.62. The highest BCUT2D eigenvalue weighted by atomic mass is 32.2. The first-order valence-corrected chi connectivity index (χ1v) is 7.37. The van der Waals surface area contributed by atoms with Crippen molar-refractivity contribution >= 4 is 16.0 Å². The third kappa shape index (κ3) is 3.78. The quantitative estimate of drug-likeness (QED) is 0.768. The molecule has 0 saturated carbocycles. The molecular formula is C13H19NO4S. The van der Waals surface area contributed by atoms with Crippen molar-refractivity contribution in [2.45, 2.75) is 31.2 Å². The summed E-state index contributed by atoms with van der Waals surface area (Å²) < 4.78 is 30.3. The maximum Gasteiger partial charge on any atom is 0.309 e. The molecule has 0 atom stereocenters. The Morgan fingerprint density at radius 3 is 2.21 bits per heavy atom. The highest BCUT2D eigenvalue weighted by Crippen LogP contribution is 2.17. The topological polar surface area (TPSA) is 63.7 Å². The van der Waals surface area contributed by atoms with E-state index in [2.05, 4.69) is 4.74 Å². The van der Waals surface area contributed by atoms with E-state index in [0.717, 1.165) is 5.56 Å². The molecule has 0 unspecified atom stereocenters. The zero-order valence-corrected chi connectivity index (χ0v) is 12.4. The summed E-state index contributed by atoms with van der Waals surface area (Å²) in [7, 11) is -0.610. The van der Waals surface area contributed by atoms with Crippen LogP contribution < -0.4 is 0 Å². The Hall–Kier alpha value is -1.40. The molecule has 0 radical (unpaired) electrons. The Balaban J connectivity index is 2.96. The minimum atomic E-state index is -3.47. The van der Waals surface area contributed by atoms with E-state index in [9.17, 15) is 13.2 Å². The number of esters is 1. The lowest BCUT2D eigenvalue weighted by Gasteiger charge is -2.21. The maximum absolute atomic E-state index is 12.2. The molecule has 0 aliphatic rings. The van der Waals surface area contributed by atoms with E-state index in [-0.39, 0.29) is 23.3 Å². The van der Waals surface area contributed by atoms with E-state index in [1.54, 1.807) is 19.2 Å².